The Hall–Kier alpha value is -4.42. The van der Waals surface area contributed by atoms with Crippen LogP contribution in [0.15, 0.2) is 118 Å². The Balaban J connectivity index is 2.28. The maximum atomic E-state index is 13.6. The fraction of sp³-hybridized carbons (Fsp3) is 0.242. The molecule has 1 heterocycles. The van der Waals surface area contributed by atoms with Crippen LogP contribution in [0.25, 0.3) is 0 Å². The van der Waals surface area contributed by atoms with Crippen molar-refractivity contribution in [2.45, 2.75) is 32.8 Å². The Bertz CT molecular complexity index is 1470. The first-order chi connectivity index (χ1) is 20.2. The van der Waals surface area contributed by atoms with Crippen molar-refractivity contribution in [3.05, 3.63) is 114 Å². The maximum absolute atomic E-state index is 13.6. The topological polar surface area (TPSA) is 100 Å². The molecule has 0 aliphatic carbocycles. The number of benzene rings is 3. The molecule has 3 aromatic rings. The van der Waals surface area contributed by atoms with E-state index < -0.39 is 30.6 Å². The summed E-state index contributed by atoms with van der Waals surface area (Å²) in [6.45, 7) is 5.15. The third-order valence-electron chi connectivity index (χ3n) is 6.67. The van der Waals surface area contributed by atoms with Gasteiger partial charge < -0.3 is 18.9 Å². The number of rotatable bonds is 8. The summed E-state index contributed by atoms with van der Waals surface area (Å²) in [5.74, 6) is -2.69. The van der Waals surface area contributed by atoms with Crippen molar-refractivity contribution in [2.75, 3.05) is 20.8 Å². The quantitative estimate of drug-likeness (QED) is 0.212. The molecule has 0 spiro atoms. The first-order valence-electron chi connectivity index (χ1n) is 13.5. The first-order valence-corrected chi connectivity index (χ1v) is 15.2. The lowest BCUT2D eigenvalue weighted by Gasteiger charge is -2.30. The summed E-state index contributed by atoms with van der Waals surface area (Å²) >= 11 is 0. The molecule has 4 rings (SSSR count). The molecule has 0 saturated carbocycles. The van der Waals surface area contributed by atoms with Crippen LogP contribution in [0.3, 0.4) is 0 Å². The van der Waals surface area contributed by atoms with Crippen LogP contribution in [0, 0.1) is 0 Å². The summed E-state index contributed by atoms with van der Waals surface area (Å²) in [5, 5.41) is 2.67. The summed E-state index contributed by atoms with van der Waals surface area (Å²) in [5.41, 5.74) is -1.73. The highest BCUT2D eigenvalue weighted by Crippen LogP contribution is 2.50. The molecule has 0 atom stereocenters. The molecule has 0 unspecified atom stereocenters. The zero-order chi connectivity index (χ0) is 30.3. The van der Waals surface area contributed by atoms with E-state index in [0.29, 0.717) is 0 Å². The minimum atomic E-state index is -2.96. The van der Waals surface area contributed by atoms with Gasteiger partial charge in [-0.25, -0.2) is 19.1 Å². The second-order valence-corrected chi connectivity index (χ2v) is 13.0. The number of ether oxygens (including phenoxy) is 4. The van der Waals surface area contributed by atoms with E-state index in [2.05, 4.69) is 0 Å². The second kappa shape index (κ2) is 13.0. The van der Waals surface area contributed by atoms with Crippen molar-refractivity contribution in [1.82, 2.24) is 0 Å². The van der Waals surface area contributed by atoms with Gasteiger partial charge in [-0.3, -0.25) is 0 Å². The van der Waals surface area contributed by atoms with Crippen LogP contribution >= 0.6 is 7.05 Å². The van der Waals surface area contributed by atoms with Crippen LogP contribution in [0.5, 0.6) is 0 Å². The summed E-state index contributed by atoms with van der Waals surface area (Å²) in [4.78, 5) is 40.2. The van der Waals surface area contributed by atoms with Gasteiger partial charge >= 0.3 is 17.9 Å². The van der Waals surface area contributed by atoms with Gasteiger partial charge in [0.2, 0.25) is 5.88 Å². The molecule has 3 aromatic carbocycles. The van der Waals surface area contributed by atoms with Crippen molar-refractivity contribution >= 4 is 40.9 Å². The van der Waals surface area contributed by atoms with E-state index >= 15 is 0 Å². The molecule has 0 fully saturated rings. The van der Waals surface area contributed by atoms with Crippen LogP contribution in [0.4, 0.5) is 0 Å². The Morgan fingerprint density at radius 1 is 0.738 bits per heavy atom. The fourth-order valence-electron chi connectivity index (χ4n) is 4.90. The molecule has 42 heavy (non-hydrogen) atoms. The van der Waals surface area contributed by atoms with Crippen molar-refractivity contribution in [3.8, 4) is 0 Å². The third kappa shape index (κ3) is 6.09. The minimum absolute atomic E-state index is 0.0109. The average molecular weight is 588 g/mol. The minimum Gasteiger partial charge on any atom is -0.471 e. The van der Waals surface area contributed by atoms with Crippen LogP contribution in [-0.4, -0.2) is 44.3 Å². The van der Waals surface area contributed by atoms with Gasteiger partial charge in [0.1, 0.15) is 11.2 Å². The number of nitrogens with zero attached hydrogens (tertiary/aromatic N) is 1. The van der Waals surface area contributed by atoms with Gasteiger partial charge in [0.25, 0.3) is 0 Å². The fourth-order valence-corrected chi connectivity index (χ4v) is 8.36. The van der Waals surface area contributed by atoms with Crippen LogP contribution in [0.2, 0.25) is 0 Å². The largest absolute Gasteiger partial charge is 0.471 e. The summed E-state index contributed by atoms with van der Waals surface area (Å²) < 4.78 is 27.5. The van der Waals surface area contributed by atoms with E-state index in [1.54, 1.807) is 20.8 Å². The summed E-state index contributed by atoms with van der Waals surface area (Å²) in [7, 11) is -0.563. The predicted molar refractivity (Wildman–Crippen MR) is 162 cm³/mol. The Kier molecular flexibility index (Phi) is 9.48. The zero-order valence-corrected chi connectivity index (χ0v) is 25.2. The van der Waals surface area contributed by atoms with E-state index in [1.165, 1.54) is 14.2 Å². The lowest BCUT2D eigenvalue weighted by Crippen LogP contribution is -2.28. The molecule has 0 N–H and O–H groups in total. The van der Waals surface area contributed by atoms with Crippen molar-refractivity contribution < 1.29 is 33.3 Å². The average Bonchev–Trinajstić information content (AvgIpc) is 3.13. The molecule has 0 aromatic heterocycles. The molecule has 1 aliphatic rings. The van der Waals surface area contributed by atoms with E-state index in [4.69, 9.17) is 23.7 Å². The number of methoxy groups -OCH3 is 2. The number of hydrogen-bond acceptors (Lipinski definition) is 8. The van der Waals surface area contributed by atoms with Gasteiger partial charge in [-0.2, -0.15) is 0 Å². The summed E-state index contributed by atoms with van der Waals surface area (Å²) in [6, 6.07) is 29.2. The molecular formula is C33H34NO7P. The monoisotopic (exact) mass is 587 g/mol. The van der Waals surface area contributed by atoms with Crippen LogP contribution < -0.4 is 15.9 Å². The Morgan fingerprint density at radius 2 is 1.19 bits per heavy atom. The molecule has 1 aliphatic heterocycles. The molecule has 0 radical (unpaired) electrons. The number of carbonyl (C=O) groups excluding carboxylic acids is 3. The highest BCUT2D eigenvalue weighted by Gasteiger charge is 2.42. The molecular weight excluding hydrogens is 553 g/mol. The van der Waals surface area contributed by atoms with E-state index in [9.17, 15) is 14.4 Å². The summed E-state index contributed by atoms with van der Waals surface area (Å²) in [6.07, 6.45) is -0.0548. The highest BCUT2D eigenvalue weighted by atomic mass is 31.2. The van der Waals surface area contributed by atoms with Gasteiger partial charge in [0.15, 0.2) is 0 Å². The number of esters is 3. The maximum Gasteiger partial charge on any atom is 0.344 e. The van der Waals surface area contributed by atoms with Crippen LogP contribution in [0.1, 0.15) is 27.2 Å². The Labute approximate surface area is 246 Å². The smallest absolute Gasteiger partial charge is 0.344 e. The molecule has 0 amide bonds. The second-order valence-electron chi connectivity index (χ2n) is 10.0. The van der Waals surface area contributed by atoms with Gasteiger partial charge in [0.05, 0.1) is 39.0 Å². The van der Waals surface area contributed by atoms with Crippen molar-refractivity contribution in [1.29, 1.82) is 0 Å². The number of hydrogen-bond donors (Lipinski definition) is 0. The molecule has 9 heteroatoms. The van der Waals surface area contributed by atoms with Gasteiger partial charge in [-0.1, -0.05) is 91.0 Å². The SMILES string of the molecule is CCOC(=O)C1=C(C(=O)OC)CC(C)(C)OC(N=P(c2ccccc2)(c2ccccc2)c2ccccc2)=C1C(=O)OC. The molecule has 8 nitrogen and oxygen atoms in total. The standard InChI is InChI=1S/C33H34NO7P/c1-6-40-32(37)27-26(30(35)38-4)22-33(2,3)41-29(28(27)31(36)39-5)34-42(23-16-10-7-11-17-23,24-18-12-8-13-19-24)25-20-14-9-15-21-25/h7-21H,6,22H2,1-5H3. The van der Waals surface area contributed by atoms with E-state index in [0.717, 1.165) is 15.9 Å². The molecule has 218 valence electrons. The van der Waals surface area contributed by atoms with Crippen molar-refractivity contribution in [2.24, 2.45) is 4.74 Å². The predicted octanol–water partition coefficient (Wildman–Crippen LogP) is 4.78. The van der Waals surface area contributed by atoms with E-state index in [1.807, 2.05) is 91.0 Å². The van der Waals surface area contributed by atoms with Crippen molar-refractivity contribution in [3.63, 3.8) is 0 Å². The van der Waals surface area contributed by atoms with Gasteiger partial charge in [0, 0.05) is 22.3 Å². The zero-order valence-electron chi connectivity index (χ0n) is 24.3. The highest BCUT2D eigenvalue weighted by molar-refractivity contribution is 7.87. The number of carbonyl (C=O) groups is 3. The normalized spacial score (nSPS) is 14.8. The van der Waals surface area contributed by atoms with E-state index in [-0.39, 0.29) is 35.6 Å². The lowest BCUT2D eigenvalue weighted by atomic mass is 9.92. The lowest BCUT2D eigenvalue weighted by molar-refractivity contribution is -0.142. The molecule has 0 saturated heterocycles. The van der Waals surface area contributed by atoms with Crippen LogP contribution in [-0.2, 0) is 33.3 Å². The van der Waals surface area contributed by atoms with Gasteiger partial charge in [-0.05, 0) is 20.8 Å². The third-order valence-corrected chi connectivity index (χ3v) is 10.3. The molecule has 0 bridgehead atoms. The van der Waals surface area contributed by atoms with Gasteiger partial charge in [-0.15, -0.1) is 0 Å². The first kappa shape index (κ1) is 30.5. The Morgan fingerprint density at radius 3 is 1.60 bits per heavy atom.